The Morgan fingerprint density at radius 2 is 1.54 bits per heavy atom. The van der Waals surface area contributed by atoms with Crippen molar-refractivity contribution in [2.24, 2.45) is 0 Å². The molecule has 2 aromatic carbocycles. The second kappa shape index (κ2) is 17.2. The van der Waals surface area contributed by atoms with Gasteiger partial charge in [0.25, 0.3) is 5.91 Å². The van der Waals surface area contributed by atoms with Crippen molar-refractivity contribution < 1.29 is 19.4 Å². The van der Waals surface area contributed by atoms with Gasteiger partial charge in [-0.2, -0.15) is 0 Å². The van der Waals surface area contributed by atoms with Gasteiger partial charge in [-0.3, -0.25) is 4.79 Å². The molecule has 1 N–H and O–H groups in total. The first-order chi connectivity index (χ1) is 17.0. The van der Waals surface area contributed by atoms with Gasteiger partial charge in [0.1, 0.15) is 23.5 Å². The lowest BCUT2D eigenvalue weighted by Crippen LogP contribution is -2.30. The number of benzene rings is 2. The zero-order chi connectivity index (χ0) is 26.1. The van der Waals surface area contributed by atoms with Crippen LogP contribution in [-0.4, -0.2) is 59.4 Å². The Kier molecular flexibility index (Phi) is 14.6. The van der Waals surface area contributed by atoms with Crippen LogP contribution < -0.4 is 9.47 Å². The fourth-order valence-corrected chi connectivity index (χ4v) is 3.18. The van der Waals surface area contributed by atoms with E-state index in [1.165, 1.54) is 18.4 Å². The lowest BCUT2D eigenvalue weighted by Gasteiger charge is -2.16. The first-order valence-electron chi connectivity index (χ1n) is 12.1. The highest BCUT2D eigenvalue weighted by Gasteiger charge is 2.15. The van der Waals surface area contributed by atoms with E-state index in [1.807, 2.05) is 66.9 Å². The Labute approximate surface area is 210 Å². The predicted octanol–water partition coefficient (Wildman–Crippen LogP) is 5.54. The third-order valence-electron chi connectivity index (χ3n) is 5.26. The minimum absolute atomic E-state index is 0.0328. The molecule has 3 aromatic rings. The first-order valence-corrected chi connectivity index (χ1v) is 12.1. The van der Waals surface area contributed by atoms with Gasteiger partial charge in [0.05, 0.1) is 13.7 Å². The van der Waals surface area contributed by atoms with Crippen LogP contribution in [0.25, 0.3) is 5.69 Å². The summed E-state index contributed by atoms with van der Waals surface area (Å²) in [5, 5.41) is 7.00. The Bertz CT molecular complexity index is 949. The molecule has 7 nitrogen and oxygen atoms in total. The third-order valence-corrected chi connectivity index (χ3v) is 5.26. The number of ether oxygens (including phenoxy) is 2. The van der Waals surface area contributed by atoms with Crippen molar-refractivity contribution in [3.63, 3.8) is 0 Å². The highest BCUT2D eigenvalue weighted by atomic mass is 16.5. The molecule has 0 aliphatic rings. The summed E-state index contributed by atoms with van der Waals surface area (Å²) >= 11 is 0. The number of aryl methyl sites for hydroxylation is 1. The summed E-state index contributed by atoms with van der Waals surface area (Å²) < 4.78 is 12.5. The number of aromatic nitrogens is 2. The molecule has 1 amide bonds. The lowest BCUT2D eigenvalue weighted by atomic mass is 10.2. The molecule has 0 saturated heterocycles. The molecule has 3 rings (SSSR count). The Morgan fingerprint density at radius 1 is 0.943 bits per heavy atom. The molecule has 0 atom stereocenters. The molecule has 1 heterocycles. The predicted molar refractivity (Wildman–Crippen MR) is 142 cm³/mol. The standard InChI is InChI=1S/C19H27N3O2.C8H10O.CH4O/c1-4-7-8-13-24-17-11-9-16(10-12-17)22-14-18(20-15-22)19(23)21(5-2)6-3;1-7-3-5-8(9-2)6-4-7;1-2/h9-12,14-15H,4-8,13H2,1-3H3;3-6H,1-2H3;2H,1H3. The minimum Gasteiger partial charge on any atom is -0.497 e. The van der Waals surface area contributed by atoms with E-state index in [0.29, 0.717) is 18.8 Å². The lowest BCUT2D eigenvalue weighted by molar-refractivity contribution is 0.0767. The smallest absolute Gasteiger partial charge is 0.274 e. The number of hydrogen-bond donors (Lipinski definition) is 1. The van der Waals surface area contributed by atoms with Gasteiger partial charge in [0, 0.05) is 32.1 Å². The van der Waals surface area contributed by atoms with Crippen LogP contribution in [0.1, 0.15) is 56.1 Å². The zero-order valence-corrected chi connectivity index (χ0v) is 22.0. The number of carbonyl (C=O) groups excluding carboxylic acids is 1. The van der Waals surface area contributed by atoms with E-state index >= 15 is 0 Å². The quantitative estimate of drug-likeness (QED) is 0.383. The molecular weight excluding hydrogens is 442 g/mol. The topological polar surface area (TPSA) is 76.8 Å². The molecule has 7 heteroatoms. The zero-order valence-electron chi connectivity index (χ0n) is 22.0. The number of amides is 1. The Balaban J connectivity index is 0.000000464. The molecule has 35 heavy (non-hydrogen) atoms. The molecule has 0 saturated carbocycles. The van der Waals surface area contributed by atoms with E-state index in [-0.39, 0.29) is 5.91 Å². The maximum atomic E-state index is 12.3. The largest absolute Gasteiger partial charge is 0.497 e. The van der Waals surface area contributed by atoms with Gasteiger partial charge in [0.2, 0.25) is 0 Å². The van der Waals surface area contributed by atoms with Crippen LogP contribution >= 0.6 is 0 Å². The summed E-state index contributed by atoms with van der Waals surface area (Å²) in [4.78, 5) is 18.3. The molecule has 1 aromatic heterocycles. The summed E-state index contributed by atoms with van der Waals surface area (Å²) in [6, 6.07) is 15.8. The number of methoxy groups -OCH3 is 1. The average Bonchev–Trinajstić information content (AvgIpc) is 3.40. The highest BCUT2D eigenvalue weighted by Crippen LogP contribution is 2.17. The second-order valence-electron chi connectivity index (χ2n) is 7.71. The van der Waals surface area contributed by atoms with Crippen LogP contribution in [0.4, 0.5) is 0 Å². The van der Waals surface area contributed by atoms with Crippen LogP contribution in [0, 0.1) is 6.92 Å². The minimum atomic E-state index is -0.0328. The number of rotatable bonds is 10. The van der Waals surface area contributed by atoms with Crippen LogP contribution in [0.5, 0.6) is 11.5 Å². The number of carbonyl (C=O) groups is 1. The summed E-state index contributed by atoms with van der Waals surface area (Å²) in [5.41, 5.74) is 2.69. The van der Waals surface area contributed by atoms with Crippen LogP contribution in [0.3, 0.4) is 0 Å². The van der Waals surface area contributed by atoms with Crippen molar-refractivity contribution in [2.75, 3.05) is 33.9 Å². The van der Waals surface area contributed by atoms with E-state index in [1.54, 1.807) is 24.5 Å². The monoisotopic (exact) mass is 483 g/mol. The van der Waals surface area contributed by atoms with Crippen molar-refractivity contribution in [2.45, 2.75) is 47.0 Å². The van der Waals surface area contributed by atoms with Crippen molar-refractivity contribution in [3.05, 3.63) is 72.3 Å². The molecule has 0 fully saturated rings. The average molecular weight is 484 g/mol. The number of unbranched alkanes of at least 4 members (excludes halogenated alkanes) is 2. The fraction of sp³-hybridized carbons (Fsp3) is 0.429. The number of nitrogens with zero attached hydrogens (tertiary/aromatic N) is 3. The van der Waals surface area contributed by atoms with Gasteiger partial charge in [-0.1, -0.05) is 37.5 Å². The molecule has 0 aliphatic heterocycles. The third kappa shape index (κ3) is 10.2. The number of aliphatic hydroxyl groups is 1. The van der Waals surface area contributed by atoms with E-state index < -0.39 is 0 Å². The van der Waals surface area contributed by atoms with Gasteiger partial charge in [-0.05, 0) is 63.6 Å². The van der Waals surface area contributed by atoms with E-state index in [0.717, 1.165) is 37.3 Å². The summed E-state index contributed by atoms with van der Waals surface area (Å²) in [6.45, 7) is 10.3. The van der Waals surface area contributed by atoms with Crippen molar-refractivity contribution in [1.29, 1.82) is 0 Å². The normalized spacial score (nSPS) is 9.80. The summed E-state index contributed by atoms with van der Waals surface area (Å²) in [6.07, 6.45) is 6.91. The van der Waals surface area contributed by atoms with E-state index in [9.17, 15) is 4.79 Å². The number of imidazole rings is 1. The maximum Gasteiger partial charge on any atom is 0.274 e. The molecular formula is C28H41N3O4. The van der Waals surface area contributed by atoms with E-state index in [4.69, 9.17) is 14.6 Å². The SMILES string of the molecule is CCCCCOc1ccc(-n2cnc(C(=O)N(CC)CC)c2)cc1.CO.COc1ccc(C)cc1. The molecule has 0 unspecified atom stereocenters. The van der Waals surface area contributed by atoms with Gasteiger partial charge < -0.3 is 24.0 Å². The van der Waals surface area contributed by atoms with Gasteiger partial charge in [-0.15, -0.1) is 0 Å². The van der Waals surface area contributed by atoms with Crippen molar-refractivity contribution in [1.82, 2.24) is 14.5 Å². The van der Waals surface area contributed by atoms with Gasteiger partial charge in [0.15, 0.2) is 0 Å². The van der Waals surface area contributed by atoms with Crippen LogP contribution in [0.2, 0.25) is 0 Å². The first kappa shape index (κ1) is 29.7. The molecule has 0 aliphatic carbocycles. The molecule has 0 bridgehead atoms. The molecule has 192 valence electrons. The number of hydrogen-bond acceptors (Lipinski definition) is 5. The van der Waals surface area contributed by atoms with E-state index in [2.05, 4.69) is 18.8 Å². The molecule has 0 radical (unpaired) electrons. The Morgan fingerprint density at radius 3 is 2.09 bits per heavy atom. The summed E-state index contributed by atoms with van der Waals surface area (Å²) in [7, 11) is 2.67. The highest BCUT2D eigenvalue weighted by molar-refractivity contribution is 5.92. The van der Waals surface area contributed by atoms with Crippen molar-refractivity contribution in [3.8, 4) is 17.2 Å². The number of aliphatic hydroxyl groups excluding tert-OH is 1. The van der Waals surface area contributed by atoms with Gasteiger partial charge >= 0.3 is 0 Å². The van der Waals surface area contributed by atoms with Crippen LogP contribution in [-0.2, 0) is 0 Å². The van der Waals surface area contributed by atoms with Crippen LogP contribution in [0.15, 0.2) is 61.1 Å². The summed E-state index contributed by atoms with van der Waals surface area (Å²) in [5.74, 6) is 1.75. The maximum absolute atomic E-state index is 12.3. The molecule has 0 spiro atoms. The van der Waals surface area contributed by atoms with Gasteiger partial charge in [-0.25, -0.2) is 4.98 Å². The second-order valence-corrected chi connectivity index (χ2v) is 7.71. The Hall–Kier alpha value is -3.32. The van der Waals surface area contributed by atoms with Crippen molar-refractivity contribution >= 4 is 5.91 Å². The fourth-order valence-electron chi connectivity index (χ4n) is 3.18.